The number of rotatable bonds is 4. The molecule has 0 bridgehead atoms. The van der Waals surface area contributed by atoms with E-state index in [-0.39, 0.29) is 0 Å². The molecule has 0 N–H and O–H groups in total. The molecule has 2 nitrogen and oxygen atoms in total. The molecule has 122 valence electrons. The molecule has 0 amide bonds. The van der Waals surface area contributed by atoms with Crippen LogP contribution < -0.4 is 0 Å². The molecule has 0 aliphatic heterocycles. The van der Waals surface area contributed by atoms with Crippen molar-refractivity contribution in [3.05, 3.63) is 23.9 Å². The van der Waals surface area contributed by atoms with Crippen LogP contribution in [0.1, 0.15) is 13.3 Å². The summed E-state index contributed by atoms with van der Waals surface area (Å²) in [6.45, 7) is 2.16. The Bertz CT molecular complexity index is 376. The van der Waals surface area contributed by atoms with Gasteiger partial charge in [-0.1, -0.05) is 13.0 Å². The second kappa shape index (κ2) is 6.61. The van der Waals surface area contributed by atoms with Crippen molar-refractivity contribution in [1.82, 2.24) is 4.90 Å². The minimum atomic E-state index is -10.7. The molecule has 0 fully saturated rings. The number of halogens is 6. The monoisotopic (exact) mass is 326 g/mol. The van der Waals surface area contributed by atoms with Gasteiger partial charge in [0.2, 0.25) is 0 Å². The van der Waals surface area contributed by atoms with Crippen LogP contribution in [0.25, 0.3) is 0 Å². The zero-order chi connectivity index (χ0) is 16.7. The molecule has 0 aromatic rings. The Morgan fingerprint density at radius 1 is 1.05 bits per heavy atom. The summed E-state index contributed by atoms with van der Waals surface area (Å²) >= 11 is 0. The van der Waals surface area contributed by atoms with Gasteiger partial charge in [-0.15, -0.1) is 0 Å². The first-order valence-electron chi connectivity index (χ1n) is 5.62. The molecular formula is C11H21F6N2P. The summed E-state index contributed by atoms with van der Waals surface area (Å²) in [5.74, 6) is 0. The van der Waals surface area contributed by atoms with Crippen molar-refractivity contribution in [1.29, 1.82) is 0 Å². The quantitative estimate of drug-likeness (QED) is 0.228. The first kappa shape index (κ1) is 21.3. The molecule has 0 saturated carbocycles. The van der Waals surface area contributed by atoms with Crippen molar-refractivity contribution in [2.75, 3.05) is 28.2 Å². The minimum absolute atomic E-state index is 1.07. The van der Waals surface area contributed by atoms with E-state index in [1.807, 2.05) is 39.3 Å². The molecule has 0 rings (SSSR count). The van der Waals surface area contributed by atoms with Gasteiger partial charge in [0.15, 0.2) is 6.21 Å². The van der Waals surface area contributed by atoms with E-state index in [9.17, 15) is 25.2 Å². The molecule has 0 aromatic heterocycles. The van der Waals surface area contributed by atoms with Crippen LogP contribution in [0, 0.1) is 0 Å². The summed E-state index contributed by atoms with van der Waals surface area (Å²) < 4.78 is 61.3. The Hall–Kier alpha value is -1.04. The third-order valence-corrected chi connectivity index (χ3v) is 1.53. The van der Waals surface area contributed by atoms with E-state index in [0.717, 1.165) is 6.42 Å². The molecular weight excluding hydrogens is 305 g/mol. The standard InChI is InChI=1S/C11H21N2.F6P/c1-6-11(10-13(4)5)8-7-9-12(2)3;1-7(2,3,4,5)6/h7-10H,6H2,1-5H3;/q+1;-1. The fourth-order valence-electron chi connectivity index (χ4n) is 0.923. The summed E-state index contributed by atoms with van der Waals surface area (Å²) in [6.07, 6.45) is 9.45. The van der Waals surface area contributed by atoms with E-state index in [4.69, 9.17) is 0 Å². The number of hydrogen-bond donors (Lipinski definition) is 0. The number of nitrogens with zero attached hydrogens (tertiary/aromatic N) is 2. The Morgan fingerprint density at radius 2 is 1.45 bits per heavy atom. The predicted octanol–water partition coefficient (Wildman–Crippen LogP) is 5.12. The van der Waals surface area contributed by atoms with Gasteiger partial charge in [-0.05, 0) is 18.7 Å². The summed E-state index contributed by atoms with van der Waals surface area (Å²) in [5, 5.41) is 0. The zero-order valence-electron chi connectivity index (χ0n) is 12.1. The molecule has 0 aliphatic rings. The van der Waals surface area contributed by atoms with Crippen LogP contribution in [0.3, 0.4) is 0 Å². The van der Waals surface area contributed by atoms with E-state index in [0.29, 0.717) is 0 Å². The molecule has 0 atom stereocenters. The van der Waals surface area contributed by atoms with Crippen LogP contribution in [-0.2, 0) is 0 Å². The van der Waals surface area contributed by atoms with Crippen molar-refractivity contribution >= 4 is 14.0 Å². The molecule has 0 spiro atoms. The average Bonchev–Trinajstić information content (AvgIpc) is 2.09. The summed E-state index contributed by atoms with van der Waals surface area (Å²) in [4.78, 5) is 2.03. The fourth-order valence-corrected chi connectivity index (χ4v) is 0.923. The molecule has 0 saturated heterocycles. The normalized spacial score (nSPS) is 15.8. The van der Waals surface area contributed by atoms with Crippen molar-refractivity contribution in [2.24, 2.45) is 0 Å². The molecule has 9 heteroatoms. The van der Waals surface area contributed by atoms with Gasteiger partial charge in [0.1, 0.15) is 14.1 Å². The Morgan fingerprint density at radius 3 is 1.70 bits per heavy atom. The first-order valence-corrected chi connectivity index (χ1v) is 7.65. The van der Waals surface area contributed by atoms with Crippen LogP contribution >= 0.6 is 7.81 Å². The Kier molecular flexibility index (Phi) is 7.03. The zero-order valence-corrected chi connectivity index (χ0v) is 13.0. The van der Waals surface area contributed by atoms with Gasteiger partial charge >= 0.3 is 33.0 Å². The van der Waals surface area contributed by atoms with E-state index >= 15 is 0 Å². The van der Waals surface area contributed by atoms with E-state index in [2.05, 4.69) is 29.9 Å². The third-order valence-electron chi connectivity index (χ3n) is 1.53. The molecule has 0 aliphatic carbocycles. The van der Waals surface area contributed by atoms with Gasteiger partial charge in [0.25, 0.3) is 0 Å². The molecule has 20 heavy (non-hydrogen) atoms. The van der Waals surface area contributed by atoms with E-state index in [1.165, 1.54) is 5.57 Å². The van der Waals surface area contributed by atoms with Crippen molar-refractivity contribution < 1.29 is 29.8 Å². The summed E-state index contributed by atoms with van der Waals surface area (Å²) in [6, 6.07) is 0. The second-order valence-corrected chi connectivity index (χ2v) is 6.37. The maximum absolute atomic E-state index is 10.7. The van der Waals surface area contributed by atoms with Gasteiger partial charge in [-0.3, -0.25) is 0 Å². The Labute approximate surface area is 115 Å². The van der Waals surface area contributed by atoms with Crippen molar-refractivity contribution in [2.45, 2.75) is 13.3 Å². The second-order valence-electron chi connectivity index (χ2n) is 4.45. The van der Waals surface area contributed by atoms with Crippen LogP contribution in [0.2, 0.25) is 0 Å². The van der Waals surface area contributed by atoms with Gasteiger partial charge in [-0.2, -0.15) is 0 Å². The van der Waals surface area contributed by atoms with Gasteiger partial charge in [-0.25, -0.2) is 4.58 Å². The molecule has 0 unspecified atom stereocenters. The maximum atomic E-state index is 9.87. The first-order chi connectivity index (χ1) is 8.51. The predicted molar refractivity (Wildman–Crippen MR) is 72.9 cm³/mol. The van der Waals surface area contributed by atoms with Gasteiger partial charge in [0, 0.05) is 19.7 Å². The van der Waals surface area contributed by atoms with Crippen molar-refractivity contribution in [3.8, 4) is 0 Å². The van der Waals surface area contributed by atoms with Crippen LogP contribution in [0.5, 0.6) is 0 Å². The summed E-state index contributed by atoms with van der Waals surface area (Å²) in [7, 11) is -2.54. The van der Waals surface area contributed by atoms with Crippen LogP contribution in [0.15, 0.2) is 23.9 Å². The molecule has 0 radical (unpaired) electrons. The summed E-state index contributed by atoms with van der Waals surface area (Å²) in [5.41, 5.74) is 1.34. The third kappa shape index (κ3) is 36.0. The topological polar surface area (TPSA) is 6.25 Å². The van der Waals surface area contributed by atoms with Crippen LogP contribution in [-0.4, -0.2) is 43.9 Å². The molecule has 0 heterocycles. The van der Waals surface area contributed by atoms with Crippen LogP contribution in [0.4, 0.5) is 25.2 Å². The van der Waals surface area contributed by atoms with Crippen molar-refractivity contribution in [3.63, 3.8) is 0 Å². The molecule has 0 aromatic carbocycles. The SMILES string of the molecule is CC/C(C=[N+](C)C)=C\C=C\N(C)C.F[P-](F)(F)(F)(F)F. The fraction of sp³-hybridized carbons (Fsp3) is 0.545. The van der Waals surface area contributed by atoms with Gasteiger partial charge < -0.3 is 4.90 Å². The number of allylic oxidation sites excluding steroid dienone is 3. The van der Waals surface area contributed by atoms with E-state index < -0.39 is 7.81 Å². The van der Waals surface area contributed by atoms with Gasteiger partial charge in [0.05, 0.1) is 0 Å². The Balaban J connectivity index is 0. The van der Waals surface area contributed by atoms with E-state index in [1.54, 1.807) is 0 Å². The number of hydrogen-bond acceptors (Lipinski definition) is 1. The average molecular weight is 326 g/mol.